The number of ether oxygens (including phenoxy) is 1. The molecule has 0 aliphatic carbocycles. The van der Waals surface area contributed by atoms with Crippen LogP contribution in [0.2, 0.25) is 0 Å². The van der Waals surface area contributed by atoms with Crippen molar-refractivity contribution in [1.82, 2.24) is 15.2 Å². The highest BCUT2D eigenvalue weighted by Crippen LogP contribution is 2.33. The minimum Gasteiger partial charge on any atom is -0.496 e. The Morgan fingerprint density at radius 1 is 1.03 bits per heavy atom. The van der Waals surface area contributed by atoms with Gasteiger partial charge in [0.2, 0.25) is 0 Å². The molecule has 4 aromatic rings. The Bertz CT molecular complexity index is 1250. The summed E-state index contributed by atoms with van der Waals surface area (Å²) in [5.74, 6) is 1.38. The number of methoxy groups -OCH3 is 1. The van der Waals surface area contributed by atoms with E-state index < -0.39 is 4.92 Å². The number of anilines is 2. The summed E-state index contributed by atoms with van der Waals surface area (Å²) in [4.78, 5) is 16.3. The molecule has 1 N–H and O–H groups in total. The maximum Gasteiger partial charge on any atom is 0.270 e. The quantitative estimate of drug-likeness (QED) is 0.314. The fourth-order valence-corrected chi connectivity index (χ4v) is 4.03. The summed E-state index contributed by atoms with van der Waals surface area (Å²) in [6, 6.07) is 15.8. The van der Waals surface area contributed by atoms with Gasteiger partial charge in [-0.3, -0.25) is 10.1 Å². The van der Waals surface area contributed by atoms with Crippen LogP contribution in [0.4, 0.5) is 16.6 Å². The zero-order valence-corrected chi connectivity index (χ0v) is 17.9. The third-order valence-electron chi connectivity index (χ3n) is 4.72. The Morgan fingerprint density at radius 3 is 2.55 bits per heavy atom. The van der Waals surface area contributed by atoms with Gasteiger partial charge in [-0.25, -0.2) is 4.98 Å². The molecule has 0 atom stereocenters. The van der Waals surface area contributed by atoms with E-state index in [1.807, 2.05) is 26.0 Å². The molecule has 0 saturated heterocycles. The second-order valence-corrected chi connectivity index (χ2v) is 8.05. The van der Waals surface area contributed by atoms with Crippen molar-refractivity contribution in [2.45, 2.75) is 13.8 Å². The van der Waals surface area contributed by atoms with Crippen molar-refractivity contribution in [1.29, 1.82) is 0 Å². The minimum absolute atomic E-state index is 0.0149. The molecule has 0 fully saturated rings. The number of thiazole rings is 1. The van der Waals surface area contributed by atoms with Crippen molar-refractivity contribution >= 4 is 28.0 Å². The number of hydrogen-bond donors (Lipinski definition) is 1. The molecule has 0 bridgehead atoms. The number of nitrogens with zero attached hydrogens (tertiary/aromatic N) is 4. The largest absolute Gasteiger partial charge is 0.496 e. The van der Waals surface area contributed by atoms with Crippen molar-refractivity contribution in [3.63, 3.8) is 0 Å². The fraction of sp³-hybridized carbons (Fsp3) is 0.136. The molecular weight excluding hydrogens is 414 g/mol. The van der Waals surface area contributed by atoms with Gasteiger partial charge in [0.1, 0.15) is 5.75 Å². The molecule has 0 aliphatic heterocycles. The predicted octanol–water partition coefficient (Wildman–Crippen LogP) is 5.54. The lowest BCUT2D eigenvalue weighted by molar-refractivity contribution is -0.384. The van der Waals surface area contributed by atoms with Gasteiger partial charge in [-0.15, -0.1) is 21.5 Å². The van der Waals surface area contributed by atoms with E-state index in [9.17, 15) is 10.1 Å². The van der Waals surface area contributed by atoms with Gasteiger partial charge < -0.3 is 10.1 Å². The van der Waals surface area contributed by atoms with Crippen LogP contribution in [-0.4, -0.2) is 27.2 Å². The Labute approximate surface area is 182 Å². The summed E-state index contributed by atoms with van der Waals surface area (Å²) in [5, 5.41) is 23.2. The second kappa shape index (κ2) is 8.49. The van der Waals surface area contributed by atoms with Crippen molar-refractivity contribution < 1.29 is 9.66 Å². The molecular formula is C22H19N5O3S. The van der Waals surface area contributed by atoms with Gasteiger partial charge in [-0.1, -0.05) is 12.1 Å². The van der Waals surface area contributed by atoms with Crippen molar-refractivity contribution in [2.24, 2.45) is 0 Å². The van der Waals surface area contributed by atoms with Gasteiger partial charge in [-0.2, -0.15) is 0 Å². The van der Waals surface area contributed by atoms with Gasteiger partial charge >= 0.3 is 0 Å². The average Bonchev–Trinajstić information content (AvgIpc) is 3.14. The first kappa shape index (κ1) is 20.4. The molecule has 2 aromatic carbocycles. The van der Waals surface area contributed by atoms with Gasteiger partial charge in [0.25, 0.3) is 5.69 Å². The van der Waals surface area contributed by atoms with Crippen molar-refractivity contribution in [3.05, 3.63) is 75.2 Å². The molecule has 0 amide bonds. The zero-order valence-electron chi connectivity index (χ0n) is 17.1. The van der Waals surface area contributed by atoms with E-state index >= 15 is 0 Å². The molecule has 31 heavy (non-hydrogen) atoms. The highest BCUT2D eigenvalue weighted by molar-refractivity contribution is 7.16. The summed E-state index contributed by atoms with van der Waals surface area (Å²) in [6.07, 6.45) is 0. The number of nitro benzene ring substituents is 1. The van der Waals surface area contributed by atoms with Crippen LogP contribution < -0.4 is 10.1 Å². The van der Waals surface area contributed by atoms with E-state index in [1.54, 1.807) is 31.4 Å². The highest BCUT2D eigenvalue weighted by atomic mass is 32.1. The molecule has 2 heterocycles. The molecule has 0 aliphatic rings. The number of nitrogens with one attached hydrogen (secondary N) is 1. The first-order chi connectivity index (χ1) is 14.9. The van der Waals surface area contributed by atoms with Crippen molar-refractivity contribution in [2.75, 3.05) is 12.4 Å². The lowest BCUT2D eigenvalue weighted by atomic mass is 10.1. The lowest BCUT2D eigenvalue weighted by Crippen LogP contribution is -1.96. The zero-order chi connectivity index (χ0) is 22.0. The number of rotatable bonds is 6. The van der Waals surface area contributed by atoms with Gasteiger partial charge in [-0.05, 0) is 49.7 Å². The molecule has 0 spiro atoms. The Balaban J connectivity index is 1.54. The number of aromatic nitrogens is 3. The third-order valence-corrected chi connectivity index (χ3v) is 5.60. The molecule has 8 nitrogen and oxygen atoms in total. The van der Waals surface area contributed by atoms with Crippen LogP contribution in [0.1, 0.15) is 10.4 Å². The van der Waals surface area contributed by atoms with E-state index in [-0.39, 0.29) is 5.69 Å². The standard InChI is InChI=1S/C22H19N5O3S/c1-13-11-16(7-9-19(13)30-3)21-14(2)31-22(24-21)23-20-10-8-18(25-26-20)15-5-4-6-17(12-15)27(28)29/h4-12H,1-3H3,(H,23,24,26). The van der Waals surface area contributed by atoms with Crippen LogP contribution in [0.15, 0.2) is 54.6 Å². The van der Waals surface area contributed by atoms with Crippen LogP contribution >= 0.6 is 11.3 Å². The van der Waals surface area contributed by atoms with Crippen LogP contribution in [0, 0.1) is 24.0 Å². The van der Waals surface area contributed by atoms with Crippen LogP contribution in [0.3, 0.4) is 0 Å². The number of hydrogen-bond acceptors (Lipinski definition) is 8. The molecule has 0 saturated carbocycles. The smallest absolute Gasteiger partial charge is 0.270 e. The maximum atomic E-state index is 11.0. The van der Waals surface area contributed by atoms with E-state index in [0.29, 0.717) is 22.2 Å². The summed E-state index contributed by atoms with van der Waals surface area (Å²) in [5.41, 5.74) is 4.17. The Hall–Kier alpha value is -3.85. The van der Waals surface area contributed by atoms with E-state index in [4.69, 9.17) is 9.72 Å². The normalized spacial score (nSPS) is 10.7. The van der Waals surface area contributed by atoms with E-state index in [0.717, 1.165) is 27.4 Å². The third kappa shape index (κ3) is 4.36. The van der Waals surface area contributed by atoms with Gasteiger partial charge in [0.05, 0.1) is 23.4 Å². The molecule has 4 rings (SSSR count). The first-order valence-corrected chi connectivity index (χ1v) is 10.2. The summed E-state index contributed by atoms with van der Waals surface area (Å²) >= 11 is 1.53. The van der Waals surface area contributed by atoms with Crippen LogP contribution in [0.5, 0.6) is 5.75 Å². The van der Waals surface area contributed by atoms with E-state index in [2.05, 4.69) is 21.6 Å². The number of aryl methyl sites for hydroxylation is 2. The summed E-state index contributed by atoms with van der Waals surface area (Å²) < 4.78 is 5.33. The van der Waals surface area contributed by atoms with Crippen molar-refractivity contribution in [3.8, 4) is 28.3 Å². The van der Waals surface area contributed by atoms with E-state index in [1.165, 1.54) is 23.5 Å². The molecule has 0 radical (unpaired) electrons. The molecule has 0 unspecified atom stereocenters. The summed E-state index contributed by atoms with van der Waals surface area (Å²) in [7, 11) is 1.66. The SMILES string of the molecule is COc1ccc(-c2nc(Nc3ccc(-c4cccc([N+](=O)[O-])c4)nn3)sc2C)cc1C. The number of non-ortho nitro benzene ring substituents is 1. The minimum atomic E-state index is -0.431. The molecule has 2 aromatic heterocycles. The monoisotopic (exact) mass is 433 g/mol. The Morgan fingerprint density at radius 2 is 1.87 bits per heavy atom. The molecule has 156 valence electrons. The topological polar surface area (TPSA) is 103 Å². The second-order valence-electron chi connectivity index (χ2n) is 6.84. The van der Waals surface area contributed by atoms with Gasteiger partial charge in [0, 0.05) is 28.1 Å². The Kier molecular flexibility index (Phi) is 5.59. The highest BCUT2D eigenvalue weighted by Gasteiger charge is 2.13. The number of benzene rings is 2. The summed E-state index contributed by atoms with van der Waals surface area (Å²) in [6.45, 7) is 4.02. The van der Waals surface area contributed by atoms with Gasteiger partial charge in [0.15, 0.2) is 10.9 Å². The van der Waals surface area contributed by atoms with Crippen LogP contribution in [-0.2, 0) is 0 Å². The lowest BCUT2D eigenvalue weighted by Gasteiger charge is -2.06. The first-order valence-electron chi connectivity index (χ1n) is 9.42. The fourth-order valence-electron chi connectivity index (χ4n) is 3.18. The predicted molar refractivity (Wildman–Crippen MR) is 121 cm³/mol. The average molecular weight is 433 g/mol. The molecule has 9 heteroatoms. The van der Waals surface area contributed by atoms with Crippen LogP contribution in [0.25, 0.3) is 22.5 Å². The number of nitro groups is 1. The maximum absolute atomic E-state index is 11.0.